The van der Waals surface area contributed by atoms with Gasteiger partial charge in [-0.1, -0.05) is 51.1 Å². The highest BCUT2D eigenvalue weighted by Gasteiger charge is 2.15. The largest absolute Gasteiger partial charge is 0.494 e. The van der Waals surface area contributed by atoms with Crippen molar-refractivity contribution in [2.75, 3.05) is 13.7 Å². The molecule has 0 fully saturated rings. The van der Waals surface area contributed by atoms with Gasteiger partial charge in [-0.3, -0.25) is 9.59 Å². The Bertz CT molecular complexity index is 1060. The lowest BCUT2D eigenvalue weighted by atomic mass is 9.87. The maximum Gasteiger partial charge on any atom is 0.274 e. The number of hydrogen-bond donors (Lipinski definition) is 1. The molecular formula is C23H27N3O3. The first kappa shape index (κ1) is 20.6. The van der Waals surface area contributed by atoms with Gasteiger partial charge in [-0.25, -0.2) is 4.68 Å². The fraction of sp³-hybridized carbons (Fsp3) is 0.348. The number of ether oxygens (including phenoxy) is 1. The van der Waals surface area contributed by atoms with E-state index in [1.54, 1.807) is 31.3 Å². The number of nitrogens with zero attached hydrogens (tertiary/aromatic N) is 2. The fourth-order valence-electron chi connectivity index (χ4n) is 3.13. The summed E-state index contributed by atoms with van der Waals surface area (Å²) < 4.78 is 7.15. The first-order valence-electron chi connectivity index (χ1n) is 9.76. The van der Waals surface area contributed by atoms with E-state index >= 15 is 0 Å². The Morgan fingerprint density at radius 1 is 1.07 bits per heavy atom. The van der Waals surface area contributed by atoms with Crippen molar-refractivity contribution in [1.82, 2.24) is 15.1 Å². The van der Waals surface area contributed by atoms with Gasteiger partial charge in [0.15, 0.2) is 5.69 Å². The molecule has 0 bridgehead atoms. The Morgan fingerprint density at radius 2 is 1.72 bits per heavy atom. The molecule has 1 N–H and O–H groups in total. The molecule has 152 valence electrons. The molecule has 0 saturated carbocycles. The third-order valence-electron chi connectivity index (χ3n) is 4.81. The van der Waals surface area contributed by atoms with Crippen molar-refractivity contribution in [3.05, 3.63) is 70.1 Å². The molecule has 0 spiro atoms. The number of amides is 1. The highest BCUT2D eigenvalue weighted by atomic mass is 16.5. The van der Waals surface area contributed by atoms with Crippen LogP contribution in [0.5, 0.6) is 5.75 Å². The number of carbonyl (C=O) groups excluding carboxylic acids is 1. The Balaban J connectivity index is 1.70. The summed E-state index contributed by atoms with van der Waals surface area (Å²) in [5, 5.41) is 7.92. The van der Waals surface area contributed by atoms with E-state index in [9.17, 15) is 9.59 Å². The van der Waals surface area contributed by atoms with Crippen LogP contribution in [0.2, 0.25) is 0 Å². The van der Waals surface area contributed by atoms with Gasteiger partial charge >= 0.3 is 0 Å². The van der Waals surface area contributed by atoms with E-state index in [-0.39, 0.29) is 22.6 Å². The van der Waals surface area contributed by atoms with Gasteiger partial charge < -0.3 is 10.1 Å². The predicted octanol–water partition coefficient (Wildman–Crippen LogP) is 3.52. The minimum atomic E-state index is -0.315. The minimum absolute atomic E-state index is 0.101. The monoisotopic (exact) mass is 393 g/mol. The van der Waals surface area contributed by atoms with Crippen LogP contribution < -0.4 is 15.6 Å². The van der Waals surface area contributed by atoms with Gasteiger partial charge in [-0.2, -0.15) is 5.10 Å². The molecule has 0 aliphatic carbocycles. The second-order valence-corrected chi connectivity index (χ2v) is 7.98. The Morgan fingerprint density at radius 3 is 2.34 bits per heavy atom. The zero-order valence-electron chi connectivity index (χ0n) is 17.4. The maximum atomic E-state index is 12.7. The standard InChI is InChI=1S/C23H27N3O3/c1-23(2,3)16-10-12-17(13-11-16)29-15-7-14-26-22(28)19-9-6-5-8-18(19)20(25-26)21(27)24-4/h5-6,8-13H,7,14-15H2,1-4H3,(H,24,27). The molecule has 6 heteroatoms. The number of carbonyl (C=O) groups is 1. The van der Waals surface area contributed by atoms with Gasteiger partial charge in [0.05, 0.1) is 12.0 Å². The lowest BCUT2D eigenvalue weighted by molar-refractivity contribution is 0.0957. The SMILES string of the molecule is CNC(=O)c1nn(CCCOc2ccc(C(C)(C)C)cc2)c(=O)c2ccccc12. The summed E-state index contributed by atoms with van der Waals surface area (Å²) in [5.74, 6) is 0.480. The van der Waals surface area contributed by atoms with Crippen LogP contribution >= 0.6 is 0 Å². The third-order valence-corrected chi connectivity index (χ3v) is 4.81. The zero-order valence-corrected chi connectivity index (χ0v) is 17.4. The topological polar surface area (TPSA) is 73.2 Å². The minimum Gasteiger partial charge on any atom is -0.494 e. The van der Waals surface area contributed by atoms with Crippen LogP contribution in [0.3, 0.4) is 0 Å². The molecular weight excluding hydrogens is 366 g/mol. The number of fused-ring (bicyclic) bond motifs is 1. The van der Waals surface area contributed by atoms with Crippen LogP contribution in [0.4, 0.5) is 0 Å². The van der Waals surface area contributed by atoms with Crippen LogP contribution in [0.25, 0.3) is 10.8 Å². The zero-order chi connectivity index (χ0) is 21.0. The third kappa shape index (κ3) is 4.65. The van der Waals surface area contributed by atoms with E-state index in [4.69, 9.17) is 4.74 Å². The summed E-state index contributed by atoms with van der Waals surface area (Å²) in [6.45, 7) is 7.33. The highest BCUT2D eigenvalue weighted by molar-refractivity contribution is 6.04. The van der Waals surface area contributed by atoms with E-state index in [2.05, 4.69) is 43.3 Å². The maximum absolute atomic E-state index is 12.7. The van der Waals surface area contributed by atoms with Gasteiger partial charge in [0.25, 0.3) is 11.5 Å². The van der Waals surface area contributed by atoms with Crippen molar-refractivity contribution in [2.45, 2.75) is 39.2 Å². The van der Waals surface area contributed by atoms with Crippen molar-refractivity contribution in [2.24, 2.45) is 0 Å². The second-order valence-electron chi connectivity index (χ2n) is 7.98. The average molecular weight is 393 g/mol. The molecule has 29 heavy (non-hydrogen) atoms. The van der Waals surface area contributed by atoms with Crippen LogP contribution in [0.15, 0.2) is 53.3 Å². The number of nitrogens with one attached hydrogen (secondary N) is 1. The van der Waals surface area contributed by atoms with Gasteiger partial charge in [0, 0.05) is 25.4 Å². The summed E-state index contributed by atoms with van der Waals surface area (Å²) in [4.78, 5) is 24.9. The van der Waals surface area contributed by atoms with E-state index in [1.807, 2.05) is 12.1 Å². The molecule has 0 atom stereocenters. The number of benzene rings is 2. The van der Waals surface area contributed by atoms with Crippen molar-refractivity contribution in [3.63, 3.8) is 0 Å². The quantitative estimate of drug-likeness (QED) is 0.651. The summed E-state index contributed by atoms with van der Waals surface area (Å²) in [6.07, 6.45) is 0.597. The summed E-state index contributed by atoms with van der Waals surface area (Å²) in [5.41, 5.74) is 1.40. The molecule has 1 amide bonds. The fourth-order valence-corrected chi connectivity index (χ4v) is 3.13. The number of rotatable bonds is 6. The molecule has 3 rings (SSSR count). The van der Waals surface area contributed by atoms with Crippen molar-refractivity contribution < 1.29 is 9.53 Å². The van der Waals surface area contributed by atoms with E-state index in [0.29, 0.717) is 30.3 Å². The summed E-state index contributed by atoms with van der Waals surface area (Å²) in [6, 6.07) is 15.1. The van der Waals surface area contributed by atoms with Crippen molar-refractivity contribution in [3.8, 4) is 5.75 Å². The number of aromatic nitrogens is 2. The lowest BCUT2D eigenvalue weighted by Crippen LogP contribution is -2.29. The van der Waals surface area contributed by atoms with Gasteiger partial charge in [0.2, 0.25) is 0 Å². The molecule has 0 radical (unpaired) electrons. The van der Waals surface area contributed by atoms with Gasteiger partial charge in [-0.15, -0.1) is 0 Å². The summed E-state index contributed by atoms with van der Waals surface area (Å²) in [7, 11) is 1.55. The van der Waals surface area contributed by atoms with Crippen LogP contribution in [-0.2, 0) is 12.0 Å². The first-order valence-corrected chi connectivity index (χ1v) is 9.76. The molecule has 6 nitrogen and oxygen atoms in total. The predicted molar refractivity (Wildman–Crippen MR) is 115 cm³/mol. The Labute approximate surface area is 170 Å². The molecule has 1 heterocycles. The smallest absolute Gasteiger partial charge is 0.274 e. The average Bonchev–Trinajstić information content (AvgIpc) is 2.72. The molecule has 0 aliphatic rings. The molecule has 0 aliphatic heterocycles. The molecule has 1 aromatic heterocycles. The normalized spacial score (nSPS) is 11.4. The Hall–Kier alpha value is -3.15. The number of hydrogen-bond acceptors (Lipinski definition) is 4. The Kier molecular flexibility index (Phi) is 6.01. The molecule has 0 saturated heterocycles. The van der Waals surface area contributed by atoms with Crippen molar-refractivity contribution in [1.29, 1.82) is 0 Å². The van der Waals surface area contributed by atoms with Gasteiger partial charge in [-0.05, 0) is 29.2 Å². The van der Waals surface area contributed by atoms with Crippen molar-refractivity contribution >= 4 is 16.7 Å². The summed E-state index contributed by atoms with van der Waals surface area (Å²) >= 11 is 0. The van der Waals surface area contributed by atoms with E-state index in [0.717, 1.165) is 5.75 Å². The molecule has 3 aromatic rings. The molecule has 0 unspecified atom stereocenters. The van der Waals surface area contributed by atoms with E-state index < -0.39 is 0 Å². The highest BCUT2D eigenvalue weighted by Crippen LogP contribution is 2.24. The van der Waals surface area contributed by atoms with E-state index in [1.165, 1.54) is 10.2 Å². The van der Waals surface area contributed by atoms with Crippen LogP contribution in [0.1, 0.15) is 43.2 Å². The van der Waals surface area contributed by atoms with Crippen LogP contribution in [0, 0.1) is 0 Å². The van der Waals surface area contributed by atoms with Gasteiger partial charge in [0.1, 0.15) is 5.75 Å². The van der Waals surface area contributed by atoms with Crippen LogP contribution in [-0.4, -0.2) is 29.3 Å². The first-order chi connectivity index (χ1) is 13.8. The lowest BCUT2D eigenvalue weighted by Gasteiger charge is -2.19. The molecule has 2 aromatic carbocycles. The number of aryl methyl sites for hydroxylation is 1. The second kappa shape index (κ2) is 8.47.